The van der Waals surface area contributed by atoms with Crippen LogP contribution in [0.4, 0.5) is 0 Å². The number of ether oxygens (including phenoxy) is 1. The van der Waals surface area contributed by atoms with Gasteiger partial charge >= 0.3 is 5.97 Å². The standard InChI is InChI=1S/C29H36O2/c1-3-4-21-5-7-22(8-6-21)23-9-11-24(12-10-23)25-13-15-26(16-14-25)27-17-19-28(20-18-27)29(30)31-2/h3-4,9-16,21-22,27-28H,5-8,17-20H2,1-2H3/b4-3+. The number of methoxy groups -OCH3 is 1. The van der Waals surface area contributed by atoms with E-state index >= 15 is 0 Å². The largest absolute Gasteiger partial charge is 0.469 e. The lowest BCUT2D eigenvalue weighted by atomic mass is 9.78. The first kappa shape index (κ1) is 21.9. The maximum Gasteiger partial charge on any atom is 0.308 e. The van der Waals surface area contributed by atoms with E-state index in [4.69, 9.17) is 4.74 Å². The zero-order chi connectivity index (χ0) is 21.6. The van der Waals surface area contributed by atoms with Crippen molar-refractivity contribution in [2.45, 2.75) is 70.1 Å². The van der Waals surface area contributed by atoms with Crippen LogP contribution in [0.3, 0.4) is 0 Å². The number of carbonyl (C=O) groups excluding carboxylic acids is 1. The maximum atomic E-state index is 11.8. The Morgan fingerprint density at radius 3 is 1.61 bits per heavy atom. The van der Waals surface area contributed by atoms with E-state index in [0.29, 0.717) is 5.92 Å². The number of carbonyl (C=O) groups is 1. The van der Waals surface area contributed by atoms with Crippen LogP contribution >= 0.6 is 0 Å². The summed E-state index contributed by atoms with van der Waals surface area (Å²) in [4.78, 5) is 11.8. The van der Waals surface area contributed by atoms with Gasteiger partial charge in [0.2, 0.25) is 0 Å². The Bertz CT molecular complexity index is 862. The second-order valence-corrected chi connectivity index (χ2v) is 9.45. The van der Waals surface area contributed by atoms with Gasteiger partial charge in [0.25, 0.3) is 0 Å². The fourth-order valence-electron chi connectivity index (χ4n) is 5.64. The highest BCUT2D eigenvalue weighted by molar-refractivity contribution is 5.72. The quantitative estimate of drug-likeness (QED) is 0.369. The van der Waals surface area contributed by atoms with Gasteiger partial charge in [-0.3, -0.25) is 4.79 Å². The summed E-state index contributed by atoms with van der Waals surface area (Å²) < 4.78 is 4.92. The average Bonchev–Trinajstić information content (AvgIpc) is 2.85. The number of rotatable bonds is 5. The zero-order valence-electron chi connectivity index (χ0n) is 19.1. The fraction of sp³-hybridized carbons (Fsp3) is 0.483. The lowest BCUT2D eigenvalue weighted by Crippen LogP contribution is -2.22. The van der Waals surface area contributed by atoms with Gasteiger partial charge in [-0.05, 0) is 98.3 Å². The highest BCUT2D eigenvalue weighted by atomic mass is 16.5. The van der Waals surface area contributed by atoms with E-state index in [1.807, 2.05) is 0 Å². The Kier molecular flexibility index (Phi) is 7.27. The summed E-state index contributed by atoms with van der Waals surface area (Å²) in [7, 11) is 1.50. The molecule has 0 aromatic heterocycles. The summed E-state index contributed by atoms with van der Waals surface area (Å²) in [6.45, 7) is 2.13. The van der Waals surface area contributed by atoms with Gasteiger partial charge in [0.1, 0.15) is 0 Å². The molecule has 2 aliphatic rings. The molecule has 2 fully saturated rings. The van der Waals surface area contributed by atoms with Crippen LogP contribution in [0.25, 0.3) is 11.1 Å². The molecule has 0 atom stereocenters. The monoisotopic (exact) mass is 416 g/mol. The first-order valence-electron chi connectivity index (χ1n) is 12.1. The average molecular weight is 417 g/mol. The first-order valence-corrected chi connectivity index (χ1v) is 12.1. The van der Waals surface area contributed by atoms with Crippen LogP contribution in [-0.4, -0.2) is 13.1 Å². The number of benzene rings is 2. The smallest absolute Gasteiger partial charge is 0.308 e. The molecule has 2 nitrogen and oxygen atoms in total. The van der Waals surface area contributed by atoms with Gasteiger partial charge in [-0.15, -0.1) is 0 Å². The predicted molar refractivity (Wildman–Crippen MR) is 128 cm³/mol. The molecule has 0 amide bonds. The molecule has 0 radical (unpaired) electrons. The van der Waals surface area contributed by atoms with Crippen molar-refractivity contribution in [3.8, 4) is 11.1 Å². The third kappa shape index (κ3) is 5.29. The van der Waals surface area contributed by atoms with Crippen LogP contribution in [0.2, 0.25) is 0 Å². The molecule has 0 unspecified atom stereocenters. The van der Waals surface area contributed by atoms with Crippen molar-refractivity contribution in [1.82, 2.24) is 0 Å². The summed E-state index contributed by atoms with van der Waals surface area (Å²) in [5.74, 6) is 2.13. The number of allylic oxidation sites excluding steroid dienone is 2. The lowest BCUT2D eigenvalue weighted by Gasteiger charge is -2.27. The van der Waals surface area contributed by atoms with Gasteiger partial charge in [-0.1, -0.05) is 60.7 Å². The van der Waals surface area contributed by atoms with Gasteiger partial charge < -0.3 is 4.74 Å². The van der Waals surface area contributed by atoms with Crippen molar-refractivity contribution < 1.29 is 9.53 Å². The minimum absolute atomic E-state index is 0.0388. The molecule has 164 valence electrons. The SMILES string of the molecule is C/C=C/C1CCC(c2ccc(-c3ccc(C4CCC(C(=O)OC)CC4)cc3)cc2)CC1. The number of hydrogen-bond acceptors (Lipinski definition) is 2. The van der Waals surface area contributed by atoms with Gasteiger partial charge in [-0.25, -0.2) is 0 Å². The van der Waals surface area contributed by atoms with Crippen LogP contribution in [0, 0.1) is 11.8 Å². The molecular formula is C29H36O2. The summed E-state index contributed by atoms with van der Waals surface area (Å²) in [6.07, 6.45) is 13.9. The molecule has 0 heterocycles. The Hall–Kier alpha value is -2.35. The Morgan fingerprint density at radius 1 is 0.742 bits per heavy atom. The molecule has 0 spiro atoms. The molecule has 0 bridgehead atoms. The van der Waals surface area contributed by atoms with E-state index in [1.165, 1.54) is 55.0 Å². The lowest BCUT2D eigenvalue weighted by molar-refractivity contribution is -0.146. The number of esters is 1. The Balaban J connectivity index is 1.35. The molecule has 4 rings (SSSR count). The van der Waals surface area contributed by atoms with E-state index in [0.717, 1.165) is 37.5 Å². The van der Waals surface area contributed by atoms with E-state index in [-0.39, 0.29) is 11.9 Å². The molecule has 0 aliphatic heterocycles. The van der Waals surface area contributed by atoms with E-state index < -0.39 is 0 Å². The molecule has 2 saturated carbocycles. The molecule has 2 heteroatoms. The fourth-order valence-corrected chi connectivity index (χ4v) is 5.64. The summed E-state index contributed by atoms with van der Waals surface area (Å²) >= 11 is 0. The minimum atomic E-state index is -0.0388. The van der Waals surface area contributed by atoms with Crippen LogP contribution in [0.5, 0.6) is 0 Å². The molecule has 2 aliphatic carbocycles. The molecule has 2 aromatic rings. The molecular weight excluding hydrogens is 380 g/mol. The van der Waals surface area contributed by atoms with Crippen LogP contribution in [0.1, 0.15) is 81.3 Å². The Morgan fingerprint density at radius 2 is 1.19 bits per heavy atom. The van der Waals surface area contributed by atoms with Gasteiger partial charge in [-0.2, -0.15) is 0 Å². The highest BCUT2D eigenvalue weighted by Gasteiger charge is 2.27. The second kappa shape index (κ2) is 10.3. The predicted octanol–water partition coefficient (Wildman–Crippen LogP) is 7.65. The van der Waals surface area contributed by atoms with Crippen LogP contribution in [-0.2, 0) is 9.53 Å². The first-order chi connectivity index (χ1) is 15.2. The van der Waals surface area contributed by atoms with Crippen molar-refractivity contribution in [1.29, 1.82) is 0 Å². The Labute approximate surface area is 187 Å². The van der Waals surface area contributed by atoms with E-state index in [9.17, 15) is 4.79 Å². The normalized spacial score (nSPS) is 26.6. The van der Waals surface area contributed by atoms with E-state index in [1.54, 1.807) is 0 Å². The highest BCUT2D eigenvalue weighted by Crippen LogP contribution is 2.38. The second-order valence-electron chi connectivity index (χ2n) is 9.45. The maximum absolute atomic E-state index is 11.8. The summed E-state index contributed by atoms with van der Waals surface area (Å²) in [6, 6.07) is 18.4. The van der Waals surface area contributed by atoms with Gasteiger partial charge in [0.05, 0.1) is 13.0 Å². The summed E-state index contributed by atoms with van der Waals surface area (Å²) in [5.41, 5.74) is 5.49. The minimum Gasteiger partial charge on any atom is -0.469 e. The van der Waals surface area contributed by atoms with E-state index in [2.05, 4.69) is 67.6 Å². The molecule has 0 saturated heterocycles. The topological polar surface area (TPSA) is 26.3 Å². The van der Waals surface area contributed by atoms with Gasteiger partial charge in [0, 0.05) is 0 Å². The zero-order valence-corrected chi connectivity index (χ0v) is 19.1. The third-order valence-corrected chi connectivity index (χ3v) is 7.60. The number of hydrogen-bond donors (Lipinski definition) is 0. The molecule has 0 N–H and O–H groups in total. The van der Waals surface area contributed by atoms with Crippen molar-refractivity contribution >= 4 is 5.97 Å². The van der Waals surface area contributed by atoms with Crippen molar-refractivity contribution in [2.24, 2.45) is 11.8 Å². The van der Waals surface area contributed by atoms with Crippen LogP contribution in [0.15, 0.2) is 60.7 Å². The molecule has 2 aromatic carbocycles. The van der Waals surface area contributed by atoms with Crippen molar-refractivity contribution in [3.05, 3.63) is 71.8 Å². The third-order valence-electron chi connectivity index (χ3n) is 7.60. The van der Waals surface area contributed by atoms with Crippen molar-refractivity contribution in [3.63, 3.8) is 0 Å². The van der Waals surface area contributed by atoms with Crippen LogP contribution < -0.4 is 0 Å². The van der Waals surface area contributed by atoms with Gasteiger partial charge in [0.15, 0.2) is 0 Å². The molecule has 31 heavy (non-hydrogen) atoms. The summed E-state index contributed by atoms with van der Waals surface area (Å²) in [5, 5.41) is 0. The van der Waals surface area contributed by atoms with Crippen molar-refractivity contribution in [2.75, 3.05) is 7.11 Å².